The summed E-state index contributed by atoms with van der Waals surface area (Å²) in [7, 11) is 0. The van der Waals surface area contributed by atoms with Crippen LogP contribution in [0.1, 0.15) is 13.8 Å². The molecular weight excluding hydrogens is 350 g/mol. The third-order valence-electron chi connectivity index (χ3n) is 3.57. The Balaban J connectivity index is 1.82. The first-order chi connectivity index (χ1) is 13.1. The van der Waals surface area contributed by atoms with Crippen molar-refractivity contribution in [3.05, 3.63) is 36.7 Å². The Morgan fingerprint density at radius 1 is 1.00 bits per heavy atom. The molecule has 0 saturated carbocycles. The van der Waals surface area contributed by atoms with Gasteiger partial charge in [-0.3, -0.25) is 15.6 Å². The Labute approximate surface area is 155 Å². The van der Waals surface area contributed by atoms with Gasteiger partial charge < -0.3 is 14.5 Å². The van der Waals surface area contributed by atoms with E-state index in [1.165, 1.54) is 6.20 Å². The fraction of sp³-hybridized carbons (Fsp3) is 0.222. The first-order valence-electron chi connectivity index (χ1n) is 8.41. The average molecular weight is 369 g/mol. The highest BCUT2D eigenvalue weighted by Crippen LogP contribution is 2.25. The van der Waals surface area contributed by atoms with E-state index in [1.54, 1.807) is 26.1 Å². The fourth-order valence-corrected chi connectivity index (χ4v) is 2.46. The number of anilines is 2. The summed E-state index contributed by atoms with van der Waals surface area (Å²) in [6, 6.07) is 7.38. The van der Waals surface area contributed by atoms with Crippen LogP contribution >= 0.6 is 0 Å². The minimum atomic E-state index is -0.571. The van der Waals surface area contributed by atoms with Crippen molar-refractivity contribution in [3.8, 4) is 11.1 Å². The highest BCUT2D eigenvalue weighted by Gasteiger charge is 2.09. The molecule has 2 amide bonds. The summed E-state index contributed by atoms with van der Waals surface area (Å²) in [5.41, 5.74) is 3.62. The van der Waals surface area contributed by atoms with Crippen LogP contribution in [0.3, 0.4) is 0 Å². The maximum Gasteiger partial charge on any atom is 0.413 e. The van der Waals surface area contributed by atoms with Gasteiger partial charge in [-0.05, 0) is 37.6 Å². The summed E-state index contributed by atoms with van der Waals surface area (Å²) in [5.74, 6) is 0.302. The number of amides is 2. The summed E-state index contributed by atoms with van der Waals surface area (Å²) in [5, 5.41) is 5.15. The second-order valence-electron chi connectivity index (χ2n) is 5.47. The Kier molecular flexibility index (Phi) is 5.50. The number of rotatable bonds is 5. The third kappa shape index (κ3) is 4.51. The standard InChI is InChI=1S/C18H19N5O4/c1-3-26-17(24)20-13-7-12(9-19-10-13)11-5-6-14-15(8-11)22-16(21-14)23-18(25)27-4-2/h5-10H,3-4H2,1-2H3,(H,20,24)(H2,21,22,23,25). The zero-order valence-electron chi connectivity index (χ0n) is 14.9. The molecule has 0 fully saturated rings. The van der Waals surface area contributed by atoms with Gasteiger partial charge in [-0.15, -0.1) is 0 Å². The molecule has 9 nitrogen and oxygen atoms in total. The SMILES string of the molecule is CCOC(=O)Nc1cncc(-c2ccc3[nH]c(NC(=O)OCC)nc3c2)c1. The number of imidazole rings is 1. The molecule has 0 unspecified atom stereocenters. The van der Waals surface area contributed by atoms with Crippen LogP contribution in [0, 0.1) is 0 Å². The van der Waals surface area contributed by atoms with Crippen LogP contribution in [0.4, 0.5) is 21.2 Å². The van der Waals surface area contributed by atoms with Crippen molar-refractivity contribution in [2.24, 2.45) is 0 Å². The number of fused-ring (bicyclic) bond motifs is 1. The van der Waals surface area contributed by atoms with E-state index in [1.807, 2.05) is 18.2 Å². The molecule has 3 aromatic rings. The van der Waals surface area contributed by atoms with Crippen molar-refractivity contribution in [3.63, 3.8) is 0 Å². The monoisotopic (exact) mass is 369 g/mol. The van der Waals surface area contributed by atoms with Crippen LogP contribution < -0.4 is 10.6 Å². The van der Waals surface area contributed by atoms with Gasteiger partial charge >= 0.3 is 12.2 Å². The number of pyridine rings is 1. The Morgan fingerprint density at radius 2 is 1.74 bits per heavy atom. The second kappa shape index (κ2) is 8.17. The smallest absolute Gasteiger partial charge is 0.413 e. The molecule has 0 radical (unpaired) electrons. The van der Waals surface area contributed by atoms with Gasteiger partial charge in [-0.2, -0.15) is 0 Å². The number of benzene rings is 1. The molecule has 0 bridgehead atoms. The van der Waals surface area contributed by atoms with Gasteiger partial charge in [0.15, 0.2) is 0 Å². The number of nitrogens with one attached hydrogen (secondary N) is 3. The van der Waals surface area contributed by atoms with Crippen LogP contribution in [-0.2, 0) is 9.47 Å². The van der Waals surface area contributed by atoms with E-state index < -0.39 is 12.2 Å². The minimum absolute atomic E-state index is 0.277. The van der Waals surface area contributed by atoms with Gasteiger partial charge in [-0.25, -0.2) is 14.6 Å². The van der Waals surface area contributed by atoms with Crippen molar-refractivity contribution in [1.82, 2.24) is 15.0 Å². The molecule has 2 aromatic heterocycles. The Hall–Kier alpha value is -3.62. The normalized spacial score (nSPS) is 10.4. The number of carbonyl (C=O) groups is 2. The highest BCUT2D eigenvalue weighted by atomic mass is 16.6. The molecule has 0 aliphatic carbocycles. The zero-order valence-corrected chi connectivity index (χ0v) is 14.9. The molecule has 3 rings (SSSR count). The summed E-state index contributed by atoms with van der Waals surface area (Å²) in [4.78, 5) is 34.5. The van der Waals surface area contributed by atoms with Crippen LogP contribution in [0.25, 0.3) is 22.2 Å². The number of ether oxygens (including phenoxy) is 2. The van der Waals surface area contributed by atoms with E-state index in [2.05, 4.69) is 25.6 Å². The zero-order chi connectivity index (χ0) is 19.2. The number of nitrogens with zero attached hydrogens (tertiary/aromatic N) is 2. The summed E-state index contributed by atoms with van der Waals surface area (Å²) >= 11 is 0. The molecule has 0 aliphatic rings. The van der Waals surface area contributed by atoms with Crippen molar-refractivity contribution in [1.29, 1.82) is 0 Å². The molecule has 0 atom stereocenters. The first-order valence-corrected chi connectivity index (χ1v) is 8.41. The lowest BCUT2D eigenvalue weighted by atomic mass is 10.1. The summed E-state index contributed by atoms with van der Waals surface area (Å²) in [6.07, 6.45) is 2.11. The molecule has 27 heavy (non-hydrogen) atoms. The van der Waals surface area contributed by atoms with E-state index >= 15 is 0 Å². The summed E-state index contributed by atoms with van der Waals surface area (Å²) < 4.78 is 9.70. The van der Waals surface area contributed by atoms with Gasteiger partial charge in [0.2, 0.25) is 5.95 Å². The van der Waals surface area contributed by atoms with Crippen molar-refractivity contribution >= 4 is 34.9 Å². The molecule has 1 aromatic carbocycles. The van der Waals surface area contributed by atoms with Gasteiger partial charge in [0.1, 0.15) is 0 Å². The van der Waals surface area contributed by atoms with E-state index in [0.29, 0.717) is 17.2 Å². The highest BCUT2D eigenvalue weighted by molar-refractivity contribution is 5.89. The topological polar surface area (TPSA) is 118 Å². The lowest BCUT2D eigenvalue weighted by molar-refractivity contribution is 0.167. The van der Waals surface area contributed by atoms with Crippen LogP contribution in [0.5, 0.6) is 0 Å². The molecule has 140 valence electrons. The van der Waals surface area contributed by atoms with Gasteiger partial charge in [0.05, 0.1) is 36.1 Å². The van der Waals surface area contributed by atoms with E-state index in [4.69, 9.17) is 9.47 Å². The Morgan fingerprint density at radius 3 is 2.48 bits per heavy atom. The molecule has 2 heterocycles. The number of H-pyrrole nitrogens is 1. The minimum Gasteiger partial charge on any atom is -0.450 e. The lowest BCUT2D eigenvalue weighted by Gasteiger charge is -2.07. The number of carbonyl (C=O) groups excluding carboxylic acids is 2. The van der Waals surface area contributed by atoms with Crippen LogP contribution in [0.2, 0.25) is 0 Å². The van der Waals surface area contributed by atoms with Crippen molar-refractivity contribution in [2.75, 3.05) is 23.8 Å². The third-order valence-corrected chi connectivity index (χ3v) is 3.57. The predicted octanol–water partition coefficient (Wildman–Crippen LogP) is 3.76. The molecule has 0 spiro atoms. The first kappa shape index (κ1) is 18.2. The molecule has 0 aliphatic heterocycles. The number of aromatic amines is 1. The number of hydrogen-bond donors (Lipinski definition) is 3. The fourth-order valence-electron chi connectivity index (χ4n) is 2.46. The molecule has 0 saturated heterocycles. The van der Waals surface area contributed by atoms with Gasteiger partial charge in [-0.1, -0.05) is 6.07 Å². The number of aromatic nitrogens is 3. The van der Waals surface area contributed by atoms with Crippen LogP contribution in [0.15, 0.2) is 36.7 Å². The quantitative estimate of drug-likeness (QED) is 0.630. The average Bonchev–Trinajstić information content (AvgIpc) is 3.03. The van der Waals surface area contributed by atoms with Gasteiger partial charge in [0, 0.05) is 11.8 Å². The van der Waals surface area contributed by atoms with E-state index in [9.17, 15) is 9.59 Å². The molecular formula is C18H19N5O4. The van der Waals surface area contributed by atoms with Gasteiger partial charge in [0.25, 0.3) is 0 Å². The maximum atomic E-state index is 11.6. The maximum absolute atomic E-state index is 11.6. The summed E-state index contributed by atoms with van der Waals surface area (Å²) in [6.45, 7) is 4.03. The molecule has 3 N–H and O–H groups in total. The Bertz CT molecular complexity index is 969. The second-order valence-corrected chi connectivity index (χ2v) is 5.47. The van der Waals surface area contributed by atoms with Crippen molar-refractivity contribution < 1.29 is 19.1 Å². The molecule has 9 heteroatoms. The van der Waals surface area contributed by atoms with E-state index in [-0.39, 0.29) is 13.2 Å². The lowest BCUT2D eigenvalue weighted by Crippen LogP contribution is -2.14. The predicted molar refractivity (Wildman–Crippen MR) is 101 cm³/mol. The largest absolute Gasteiger partial charge is 0.450 e. The van der Waals surface area contributed by atoms with E-state index in [0.717, 1.165) is 16.6 Å². The van der Waals surface area contributed by atoms with Crippen molar-refractivity contribution in [2.45, 2.75) is 13.8 Å². The number of hydrogen-bond acceptors (Lipinski definition) is 6. The van der Waals surface area contributed by atoms with Crippen LogP contribution in [-0.4, -0.2) is 40.4 Å².